The van der Waals surface area contributed by atoms with E-state index in [0.29, 0.717) is 11.4 Å². The number of anilines is 1. The molecule has 0 spiro atoms. The van der Waals surface area contributed by atoms with Crippen molar-refractivity contribution in [2.75, 3.05) is 12.5 Å². The zero-order valence-electron chi connectivity index (χ0n) is 9.18. The van der Waals surface area contributed by atoms with Crippen LogP contribution in [0.4, 0.5) is 11.4 Å². The topological polar surface area (TPSA) is 168 Å². The number of ether oxygens (including phenoxy) is 1. The van der Waals surface area contributed by atoms with E-state index in [4.69, 9.17) is 29.8 Å². The van der Waals surface area contributed by atoms with Crippen molar-refractivity contribution in [3.63, 3.8) is 0 Å². The lowest BCUT2D eigenvalue weighted by Crippen LogP contribution is -2.08. The first-order valence-electron chi connectivity index (χ1n) is 4.26. The van der Waals surface area contributed by atoms with Crippen molar-refractivity contribution in [1.82, 2.24) is 0 Å². The third-order valence-electron chi connectivity index (χ3n) is 1.55. The van der Waals surface area contributed by atoms with Gasteiger partial charge in [-0.3, -0.25) is 16.0 Å². The minimum Gasteiger partial charge on any atom is -0.494 e. The van der Waals surface area contributed by atoms with E-state index in [0.717, 1.165) is 0 Å². The zero-order valence-corrected chi connectivity index (χ0v) is 10.1. The normalized spacial score (nSPS) is 10.1. The fraction of sp³-hybridized carbons (Fsp3) is 0.143. The number of hydrogen-bond acceptors (Lipinski definition) is 6. The molecule has 0 aliphatic heterocycles. The number of nitrogens with two attached hydrogens (primary N) is 1. The molecule has 0 amide bonds. The molecule has 1 aromatic rings. The average molecular weight is 281 g/mol. The lowest BCUT2D eigenvalue weighted by Gasteiger charge is -2.06. The Balaban J connectivity index is 0.000000494. The first-order valence-corrected chi connectivity index (χ1v) is 5.83. The van der Waals surface area contributed by atoms with E-state index in [1.807, 2.05) is 0 Å². The van der Waals surface area contributed by atoms with Crippen LogP contribution in [0.3, 0.4) is 0 Å². The van der Waals surface area contributed by atoms with Gasteiger partial charge in [0.25, 0.3) is 5.69 Å². The van der Waals surface area contributed by atoms with Crippen LogP contribution in [0.5, 0.6) is 5.75 Å². The van der Waals surface area contributed by atoms with Crippen LogP contribution >= 0.6 is 7.82 Å². The lowest BCUT2D eigenvalue weighted by molar-refractivity contribution is -0.384. The number of methoxy groups -OCH3 is 1. The van der Waals surface area contributed by atoms with Gasteiger partial charge < -0.3 is 24.8 Å². The van der Waals surface area contributed by atoms with E-state index < -0.39 is 12.7 Å². The minimum absolute atomic E-state index is 0.0316. The number of nitro benzene ring substituents is 1. The lowest BCUT2D eigenvalue weighted by atomic mass is 10.2. The van der Waals surface area contributed by atoms with Crippen molar-refractivity contribution < 1.29 is 28.9 Å². The number of non-ortho nitro benzene ring substituents is 1. The number of nitro groups is 1. The third-order valence-corrected chi connectivity index (χ3v) is 1.55. The molecule has 1 aromatic carbocycles. The van der Waals surface area contributed by atoms with Gasteiger partial charge in [-0.1, -0.05) is 0 Å². The maximum absolute atomic E-state index is 10.4. The van der Waals surface area contributed by atoms with Crippen molar-refractivity contribution in [2.45, 2.75) is 0 Å². The zero-order chi connectivity index (χ0) is 14.3. The molecule has 11 heteroatoms. The number of nitrogen functional groups attached to an aromatic ring is 1. The van der Waals surface area contributed by atoms with Gasteiger partial charge in [-0.15, -0.1) is 0 Å². The molecule has 0 bridgehead atoms. The van der Waals surface area contributed by atoms with Crippen LogP contribution in [0.15, 0.2) is 18.2 Å². The van der Waals surface area contributed by atoms with Crippen molar-refractivity contribution in [3.8, 4) is 5.75 Å². The molecule has 0 aliphatic rings. The smallest absolute Gasteiger partial charge is 0.466 e. The summed E-state index contributed by atoms with van der Waals surface area (Å²) in [6, 6.07) is 4.13. The second-order valence-corrected chi connectivity index (χ2v) is 3.83. The molecule has 10 nitrogen and oxygen atoms in total. The highest BCUT2D eigenvalue weighted by Crippen LogP contribution is 2.27. The van der Waals surface area contributed by atoms with Gasteiger partial charge in [0.2, 0.25) is 0 Å². The molecule has 1 rings (SSSR count). The molecule has 0 unspecified atom stereocenters. The van der Waals surface area contributed by atoms with Gasteiger partial charge in [-0.25, -0.2) is 4.57 Å². The highest BCUT2D eigenvalue weighted by molar-refractivity contribution is 7.45. The fourth-order valence-corrected chi connectivity index (χ4v) is 0.913. The van der Waals surface area contributed by atoms with Gasteiger partial charge in [0.15, 0.2) is 0 Å². The Morgan fingerprint density at radius 3 is 2.28 bits per heavy atom. The van der Waals surface area contributed by atoms with Gasteiger partial charge in [0.1, 0.15) is 5.75 Å². The predicted molar refractivity (Wildman–Crippen MR) is 61.7 cm³/mol. The number of phosphoric acid groups is 1. The summed E-state index contributed by atoms with van der Waals surface area (Å²) in [4.78, 5) is 31.4. The molecule has 102 valence electrons. The Bertz CT molecular complexity index is 452. The van der Waals surface area contributed by atoms with Crippen LogP contribution in [-0.2, 0) is 4.57 Å². The molecule has 6 N–H and O–H groups in total. The van der Waals surface area contributed by atoms with Crippen LogP contribution in [-0.4, -0.2) is 26.7 Å². The Morgan fingerprint density at radius 1 is 1.44 bits per heavy atom. The monoisotopic (exact) mass is 281 g/mol. The van der Waals surface area contributed by atoms with Crippen LogP contribution in [0, 0.1) is 10.1 Å². The van der Waals surface area contributed by atoms with Crippen LogP contribution in [0.1, 0.15) is 0 Å². The van der Waals surface area contributed by atoms with Gasteiger partial charge in [-0.2, -0.15) is 0 Å². The number of hydrogen-bond donors (Lipinski definition) is 5. The van der Waals surface area contributed by atoms with Crippen molar-refractivity contribution in [2.24, 2.45) is 5.84 Å². The van der Waals surface area contributed by atoms with Crippen molar-refractivity contribution in [3.05, 3.63) is 28.3 Å². The van der Waals surface area contributed by atoms with Crippen LogP contribution in [0.2, 0.25) is 0 Å². The van der Waals surface area contributed by atoms with Gasteiger partial charge in [0.05, 0.1) is 23.8 Å². The molecule has 18 heavy (non-hydrogen) atoms. The second-order valence-electron chi connectivity index (χ2n) is 2.80. The van der Waals surface area contributed by atoms with E-state index in [9.17, 15) is 10.1 Å². The summed E-state index contributed by atoms with van der Waals surface area (Å²) in [7, 11) is -3.22. The summed E-state index contributed by atoms with van der Waals surface area (Å²) in [6.45, 7) is 0. The van der Waals surface area contributed by atoms with Gasteiger partial charge in [0, 0.05) is 6.07 Å². The first kappa shape index (κ1) is 16.3. The summed E-state index contributed by atoms with van der Waals surface area (Å²) in [5.41, 5.74) is 2.84. The van der Waals surface area contributed by atoms with E-state index in [-0.39, 0.29) is 5.69 Å². The molecule has 0 heterocycles. The highest BCUT2D eigenvalue weighted by Gasteiger charge is 2.09. The fourth-order valence-electron chi connectivity index (χ4n) is 0.913. The second kappa shape index (κ2) is 6.89. The molecular formula is C7H12N3O7P. The Hall–Kier alpha value is -1.71. The number of benzene rings is 1. The molecular weight excluding hydrogens is 269 g/mol. The highest BCUT2D eigenvalue weighted by atomic mass is 31.2. The minimum atomic E-state index is -4.64. The standard InChI is InChI=1S/C7H9N3O3.H3O4P/c1-13-7-4-5(10(11)12)2-3-6(7)9-8;1-5(2,3)4/h2-4,9H,8H2,1H3;(H3,1,2,3,4). The SMILES string of the molecule is COc1cc([N+](=O)[O-])ccc1NN.O=P(O)(O)O. The van der Waals surface area contributed by atoms with Crippen LogP contribution < -0.4 is 16.0 Å². The van der Waals surface area contributed by atoms with E-state index in [1.165, 1.54) is 25.3 Å². The maximum atomic E-state index is 10.4. The number of nitrogens with one attached hydrogen (secondary N) is 1. The molecule has 0 aromatic heterocycles. The summed E-state index contributed by atoms with van der Waals surface area (Å²) >= 11 is 0. The quantitative estimate of drug-likeness (QED) is 0.221. The largest absolute Gasteiger partial charge is 0.494 e. The maximum Gasteiger partial charge on any atom is 0.466 e. The van der Waals surface area contributed by atoms with Crippen molar-refractivity contribution in [1.29, 1.82) is 0 Å². The van der Waals surface area contributed by atoms with Gasteiger partial charge >= 0.3 is 7.82 Å². The predicted octanol–water partition coefficient (Wildman–Crippen LogP) is -0.0396. The Labute approximate surface area is 101 Å². The molecule has 0 aliphatic carbocycles. The first-order chi connectivity index (χ1) is 8.19. The average Bonchev–Trinajstić information content (AvgIpc) is 2.25. The Kier molecular flexibility index (Phi) is 6.23. The molecule has 0 saturated carbocycles. The van der Waals surface area contributed by atoms with Crippen molar-refractivity contribution >= 4 is 19.2 Å². The van der Waals surface area contributed by atoms with Crippen LogP contribution in [0.25, 0.3) is 0 Å². The summed E-state index contributed by atoms with van der Waals surface area (Å²) in [6.07, 6.45) is 0. The molecule has 0 saturated heterocycles. The number of nitrogens with zero attached hydrogens (tertiary/aromatic N) is 1. The summed E-state index contributed by atoms with van der Waals surface area (Å²) in [5.74, 6) is 5.50. The van der Waals surface area contributed by atoms with E-state index in [1.54, 1.807) is 0 Å². The van der Waals surface area contributed by atoms with E-state index >= 15 is 0 Å². The summed E-state index contributed by atoms with van der Waals surface area (Å²) < 4.78 is 13.8. The Morgan fingerprint density at radius 2 is 1.94 bits per heavy atom. The third kappa shape index (κ3) is 6.78. The van der Waals surface area contributed by atoms with E-state index in [2.05, 4.69) is 5.43 Å². The van der Waals surface area contributed by atoms with Gasteiger partial charge in [-0.05, 0) is 6.07 Å². The number of hydrazine groups is 1. The summed E-state index contributed by atoms with van der Waals surface area (Å²) in [5, 5.41) is 10.4. The molecule has 0 radical (unpaired) electrons. The molecule has 0 fully saturated rings. The number of rotatable bonds is 3. The molecule has 0 atom stereocenters.